The van der Waals surface area contributed by atoms with Crippen molar-refractivity contribution in [2.45, 2.75) is 19.6 Å². The highest BCUT2D eigenvalue weighted by atomic mass is 32.2. The summed E-state index contributed by atoms with van der Waals surface area (Å²) in [5.74, 6) is 0.722. The van der Waals surface area contributed by atoms with Gasteiger partial charge in [-0.3, -0.25) is 0 Å². The topological polar surface area (TPSA) is 52.6 Å². The zero-order valence-electron chi connectivity index (χ0n) is 9.85. The molecule has 0 saturated carbocycles. The molecule has 0 aromatic heterocycles. The van der Waals surface area contributed by atoms with Crippen molar-refractivity contribution < 1.29 is 17.0 Å². The van der Waals surface area contributed by atoms with Crippen molar-refractivity contribution in [3.8, 4) is 11.5 Å². The SMILES string of the molecule is C[Si](C)(C)Oc1ccccc1OS(C)(=O)=O. The van der Waals surface area contributed by atoms with Crippen LogP contribution in [-0.2, 0) is 10.1 Å². The quantitative estimate of drug-likeness (QED) is 0.615. The maximum Gasteiger partial charge on any atom is 0.306 e. The summed E-state index contributed by atoms with van der Waals surface area (Å²) in [6.45, 7) is 6.05. The van der Waals surface area contributed by atoms with E-state index < -0.39 is 18.4 Å². The molecule has 4 nitrogen and oxygen atoms in total. The molecular weight excluding hydrogens is 244 g/mol. The molecule has 0 aliphatic carbocycles. The van der Waals surface area contributed by atoms with Gasteiger partial charge in [-0.15, -0.1) is 0 Å². The van der Waals surface area contributed by atoms with E-state index in [0.29, 0.717) is 5.75 Å². The predicted octanol–water partition coefficient (Wildman–Crippen LogP) is 2.24. The number of rotatable bonds is 4. The van der Waals surface area contributed by atoms with E-state index in [4.69, 9.17) is 8.61 Å². The number of hydrogen-bond acceptors (Lipinski definition) is 4. The molecule has 1 aromatic rings. The summed E-state index contributed by atoms with van der Waals surface area (Å²) in [6.07, 6.45) is 1.01. The second-order valence-electron chi connectivity index (χ2n) is 4.45. The van der Waals surface area contributed by atoms with Crippen molar-refractivity contribution >= 4 is 18.4 Å². The molecule has 1 rings (SSSR count). The Kier molecular flexibility index (Phi) is 3.64. The van der Waals surface area contributed by atoms with Gasteiger partial charge >= 0.3 is 10.1 Å². The molecule has 0 fully saturated rings. The Morgan fingerprint density at radius 1 is 1.06 bits per heavy atom. The first kappa shape index (κ1) is 13.1. The molecule has 0 unspecified atom stereocenters. The summed E-state index contributed by atoms with van der Waals surface area (Å²) in [5.41, 5.74) is 0. The summed E-state index contributed by atoms with van der Waals surface area (Å²) >= 11 is 0. The lowest BCUT2D eigenvalue weighted by Crippen LogP contribution is -2.29. The lowest BCUT2D eigenvalue weighted by atomic mass is 10.3. The fraction of sp³-hybridized carbons (Fsp3) is 0.400. The van der Waals surface area contributed by atoms with Crippen LogP contribution in [0.3, 0.4) is 0 Å². The van der Waals surface area contributed by atoms with Crippen molar-refractivity contribution in [3.05, 3.63) is 24.3 Å². The molecule has 0 aliphatic rings. The average molecular weight is 260 g/mol. The molecule has 0 saturated heterocycles. The Labute approximate surface area is 97.5 Å². The van der Waals surface area contributed by atoms with Crippen LogP contribution in [0.2, 0.25) is 19.6 Å². The van der Waals surface area contributed by atoms with Crippen LogP contribution in [0.15, 0.2) is 24.3 Å². The van der Waals surface area contributed by atoms with Crippen LogP contribution >= 0.6 is 0 Å². The van der Waals surface area contributed by atoms with Crippen LogP contribution < -0.4 is 8.61 Å². The van der Waals surface area contributed by atoms with Crippen LogP contribution in [-0.4, -0.2) is 23.0 Å². The molecular formula is C10H16O4SSi. The molecule has 90 valence electrons. The lowest BCUT2D eigenvalue weighted by Gasteiger charge is -2.20. The normalized spacial score (nSPS) is 12.2. The molecule has 16 heavy (non-hydrogen) atoms. The molecule has 0 radical (unpaired) electrons. The molecule has 0 N–H and O–H groups in total. The van der Waals surface area contributed by atoms with E-state index in [1.807, 2.05) is 19.6 Å². The van der Waals surface area contributed by atoms with Gasteiger partial charge in [0, 0.05) is 0 Å². The Balaban J connectivity index is 3.01. The van der Waals surface area contributed by atoms with Gasteiger partial charge in [-0.1, -0.05) is 12.1 Å². The van der Waals surface area contributed by atoms with Gasteiger partial charge in [-0.2, -0.15) is 8.42 Å². The lowest BCUT2D eigenvalue weighted by molar-refractivity contribution is 0.466. The summed E-state index contributed by atoms with van der Waals surface area (Å²) in [5, 5.41) is 0. The summed E-state index contributed by atoms with van der Waals surface area (Å²) < 4.78 is 32.7. The van der Waals surface area contributed by atoms with E-state index in [0.717, 1.165) is 6.26 Å². The average Bonchev–Trinajstić information content (AvgIpc) is 2.03. The first-order valence-electron chi connectivity index (χ1n) is 4.85. The largest absolute Gasteiger partial charge is 0.542 e. The van der Waals surface area contributed by atoms with Crippen molar-refractivity contribution in [3.63, 3.8) is 0 Å². The van der Waals surface area contributed by atoms with Gasteiger partial charge in [0.05, 0.1) is 6.26 Å². The molecule has 0 spiro atoms. The van der Waals surface area contributed by atoms with E-state index >= 15 is 0 Å². The zero-order chi connectivity index (χ0) is 12.4. The first-order valence-corrected chi connectivity index (χ1v) is 10.1. The Morgan fingerprint density at radius 2 is 1.56 bits per heavy atom. The smallest absolute Gasteiger partial charge is 0.306 e. The second-order valence-corrected chi connectivity index (χ2v) is 10.5. The molecule has 0 bridgehead atoms. The van der Waals surface area contributed by atoms with Gasteiger partial charge in [0.1, 0.15) is 5.75 Å². The van der Waals surface area contributed by atoms with Gasteiger partial charge in [0.25, 0.3) is 0 Å². The molecule has 0 atom stereocenters. The van der Waals surface area contributed by atoms with E-state index in [1.165, 1.54) is 0 Å². The minimum Gasteiger partial charge on any atom is -0.542 e. The van der Waals surface area contributed by atoms with Crippen molar-refractivity contribution in [1.29, 1.82) is 0 Å². The van der Waals surface area contributed by atoms with Crippen LogP contribution in [0.1, 0.15) is 0 Å². The molecule has 0 amide bonds. The van der Waals surface area contributed by atoms with Crippen LogP contribution in [0.5, 0.6) is 11.5 Å². The maximum atomic E-state index is 11.1. The van der Waals surface area contributed by atoms with E-state index in [9.17, 15) is 8.42 Å². The minimum atomic E-state index is -3.52. The first-order chi connectivity index (χ1) is 7.17. The van der Waals surface area contributed by atoms with E-state index in [2.05, 4.69) is 0 Å². The molecule has 0 aliphatic heterocycles. The van der Waals surface area contributed by atoms with Gasteiger partial charge < -0.3 is 8.61 Å². The third kappa shape index (κ3) is 4.67. The Morgan fingerprint density at radius 3 is 2.00 bits per heavy atom. The van der Waals surface area contributed by atoms with E-state index in [1.54, 1.807) is 24.3 Å². The third-order valence-electron chi connectivity index (χ3n) is 1.51. The van der Waals surface area contributed by atoms with Crippen LogP contribution in [0.25, 0.3) is 0 Å². The fourth-order valence-electron chi connectivity index (χ4n) is 1.10. The summed E-state index contributed by atoms with van der Waals surface area (Å²) in [7, 11) is -5.30. The molecule has 6 heteroatoms. The number of para-hydroxylation sites is 2. The zero-order valence-corrected chi connectivity index (χ0v) is 11.7. The summed E-state index contributed by atoms with van der Waals surface area (Å²) in [6, 6.07) is 6.78. The van der Waals surface area contributed by atoms with Gasteiger partial charge in [-0.05, 0) is 31.8 Å². The highest BCUT2D eigenvalue weighted by Crippen LogP contribution is 2.29. The van der Waals surface area contributed by atoms with Gasteiger partial charge in [0.15, 0.2) is 5.75 Å². The van der Waals surface area contributed by atoms with Crippen molar-refractivity contribution in [2.24, 2.45) is 0 Å². The van der Waals surface area contributed by atoms with Crippen molar-refractivity contribution in [2.75, 3.05) is 6.26 Å². The highest BCUT2D eigenvalue weighted by Gasteiger charge is 2.19. The van der Waals surface area contributed by atoms with Crippen LogP contribution in [0.4, 0.5) is 0 Å². The number of benzene rings is 1. The molecule has 0 heterocycles. The minimum absolute atomic E-state index is 0.243. The monoisotopic (exact) mass is 260 g/mol. The van der Waals surface area contributed by atoms with Crippen molar-refractivity contribution in [1.82, 2.24) is 0 Å². The Hall–Kier alpha value is -1.01. The highest BCUT2D eigenvalue weighted by molar-refractivity contribution is 7.86. The summed E-state index contributed by atoms with van der Waals surface area (Å²) in [4.78, 5) is 0. The maximum absolute atomic E-state index is 11.1. The van der Waals surface area contributed by atoms with Crippen LogP contribution in [0, 0.1) is 0 Å². The Bertz CT molecular complexity index is 462. The van der Waals surface area contributed by atoms with Gasteiger partial charge in [-0.25, -0.2) is 0 Å². The standard InChI is InChI=1S/C10H16O4SSi/c1-15(11,12)13-9-7-5-6-8-10(9)14-16(2,3)4/h5-8H,1-4H3. The molecule has 1 aromatic carbocycles. The van der Waals surface area contributed by atoms with Gasteiger partial charge in [0.2, 0.25) is 8.32 Å². The second kappa shape index (κ2) is 4.46. The third-order valence-corrected chi connectivity index (χ3v) is 2.82. The predicted molar refractivity (Wildman–Crippen MR) is 65.9 cm³/mol. The number of hydrogen-bond donors (Lipinski definition) is 0. The van der Waals surface area contributed by atoms with E-state index in [-0.39, 0.29) is 5.75 Å². The fourth-order valence-corrected chi connectivity index (χ4v) is 2.39.